The quantitative estimate of drug-likeness (QED) is 0.398. The minimum Gasteiger partial charge on any atom is -0.484 e. The summed E-state index contributed by atoms with van der Waals surface area (Å²) in [6, 6.07) is 17.1. The van der Waals surface area contributed by atoms with Gasteiger partial charge in [-0.2, -0.15) is 0 Å². The first kappa shape index (κ1) is 22.9. The molecule has 35 heavy (non-hydrogen) atoms. The molecule has 8 heteroatoms. The van der Waals surface area contributed by atoms with E-state index in [-0.39, 0.29) is 23.4 Å². The van der Waals surface area contributed by atoms with Crippen molar-refractivity contribution in [3.8, 4) is 5.75 Å². The Hall–Kier alpha value is -3.91. The Labute approximate surface area is 209 Å². The molecule has 1 aromatic heterocycles. The number of amides is 2. The third-order valence-electron chi connectivity index (χ3n) is 6.15. The Kier molecular flexibility index (Phi) is 5.68. The van der Waals surface area contributed by atoms with Crippen molar-refractivity contribution in [2.45, 2.75) is 19.9 Å². The average molecular weight is 533 g/mol. The highest BCUT2D eigenvalue weighted by Gasteiger charge is 2.43. The number of rotatable bonds is 5. The molecule has 5 rings (SSSR count). The van der Waals surface area contributed by atoms with Gasteiger partial charge >= 0.3 is 0 Å². The molecular weight excluding hydrogens is 512 g/mol. The van der Waals surface area contributed by atoms with E-state index in [1.807, 2.05) is 38.1 Å². The van der Waals surface area contributed by atoms with Crippen LogP contribution in [-0.4, -0.2) is 18.4 Å². The molecule has 1 unspecified atom stereocenters. The molecule has 2 heterocycles. The van der Waals surface area contributed by atoms with Gasteiger partial charge in [0.15, 0.2) is 12.0 Å². The van der Waals surface area contributed by atoms with E-state index in [1.165, 1.54) is 0 Å². The van der Waals surface area contributed by atoms with Crippen LogP contribution in [0.2, 0.25) is 0 Å². The first-order valence-corrected chi connectivity index (χ1v) is 11.7. The number of nitrogens with two attached hydrogens (primary N) is 1. The number of carbonyl (C=O) groups is 2. The zero-order valence-corrected chi connectivity index (χ0v) is 20.6. The molecule has 1 atom stereocenters. The highest BCUT2D eigenvalue weighted by molar-refractivity contribution is 9.10. The smallest absolute Gasteiger partial charge is 0.295 e. The van der Waals surface area contributed by atoms with Crippen LogP contribution < -0.4 is 20.8 Å². The Morgan fingerprint density at radius 3 is 2.46 bits per heavy atom. The summed E-state index contributed by atoms with van der Waals surface area (Å²) in [5.41, 5.74) is 8.83. The predicted octanol–water partition coefficient (Wildman–Crippen LogP) is 4.79. The fraction of sp³-hybridized carbons (Fsp3) is 0.148. The highest BCUT2D eigenvalue weighted by Crippen LogP contribution is 2.42. The lowest BCUT2D eigenvalue weighted by molar-refractivity contribution is -0.119. The van der Waals surface area contributed by atoms with Crippen LogP contribution in [0.25, 0.3) is 11.0 Å². The van der Waals surface area contributed by atoms with Crippen LogP contribution in [0.1, 0.15) is 38.9 Å². The number of hydrogen-bond acceptors (Lipinski definition) is 5. The van der Waals surface area contributed by atoms with E-state index in [4.69, 9.17) is 14.9 Å². The fourth-order valence-electron chi connectivity index (χ4n) is 4.34. The van der Waals surface area contributed by atoms with Gasteiger partial charge in [-0.1, -0.05) is 34.1 Å². The van der Waals surface area contributed by atoms with Gasteiger partial charge in [-0.3, -0.25) is 19.3 Å². The summed E-state index contributed by atoms with van der Waals surface area (Å²) < 4.78 is 12.2. The molecule has 4 aromatic rings. The SMILES string of the molecule is Cc1cc2oc3c(c(=O)c2cc1C)C(c1ccc(OCC(N)=O)cc1)N(c1cccc(Br)c1)C3=O. The molecular formula is C27H21BrN2O5. The summed E-state index contributed by atoms with van der Waals surface area (Å²) in [5.74, 6) is -0.498. The number of halogens is 1. The molecule has 0 spiro atoms. The zero-order valence-electron chi connectivity index (χ0n) is 19.0. The van der Waals surface area contributed by atoms with Gasteiger partial charge < -0.3 is 14.9 Å². The van der Waals surface area contributed by atoms with E-state index in [0.29, 0.717) is 28.0 Å². The predicted molar refractivity (Wildman–Crippen MR) is 136 cm³/mol. The maximum Gasteiger partial charge on any atom is 0.295 e. The third kappa shape index (κ3) is 4.00. The maximum absolute atomic E-state index is 13.8. The van der Waals surface area contributed by atoms with E-state index in [9.17, 15) is 14.4 Å². The third-order valence-corrected chi connectivity index (χ3v) is 6.64. The molecule has 1 aliphatic heterocycles. The molecule has 7 nitrogen and oxygen atoms in total. The second kappa shape index (κ2) is 8.70. The molecule has 0 fully saturated rings. The van der Waals surface area contributed by atoms with Crippen LogP contribution in [0, 0.1) is 13.8 Å². The lowest BCUT2D eigenvalue weighted by atomic mass is 9.97. The van der Waals surface area contributed by atoms with Crippen molar-refractivity contribution in [1.29, 1.82) is 0 Å². The summed E-state index contributed by atoms with van der Waals surface area (Å²) in [7, 11) is 0. The standard InChI is InChI=1S/C27H21BrN2O5/c1-14-10-20-21(11-15(14)2)35-26-23(25(20)32)24(16-6-8-19(9-7-16)34-13-22(29)31)30(27(26)33)18-5-3-4-17(28)12-18/h3-12,24H,13H2,1-2H3,(H2,29,31). The summed E-state index contributed by atoms with van der Waals surface area (Å²) in [6.45, 7) is 3.62. The van der Waals surface area contributed by atoms with Gasteiger partial charge in [-0.15, -0.1) is 0 Å². The van der Waals surface area contributed by atoms with Gasteiger partial charge in [0.1, 0.15) is 11.3 Å². The normalized spacial score (nSPS) is 14.9. The molecule has 0 saturated carbocycles. The van der Waals surface area contributed by atoms with Crippen molar-refractivity contribution in [1.82, 2.24) is 0 Å². The van der Waals surface area contributed by atoms with Crippen LogP contribution >= 0.6 is 15.9 Å². The molecule has 2 N–H and O–H groups in total. The summed E-state index contributed by atoms with van der Waals surface area (Å²) in [5, 5.41) is 0.433. The van der Waals surface area contributed by atoms with Gasteiger partial charge in [0.05, 0.1) is 17.0 Å². The summed E-state index contributed by atoms with van der Waals surface area (Å²) in [6.07, 6.45) is 0. The molecule has 176 valence electrons. The van der Waals surface area contributed by atoms with Crippen LogP contribution in [0.4, 0.5) is 5.69 Å². The average Bonchev–Trinajstić information content (AvgIpc) is 3.12. The highest BCUT2D eigenvalue weighted by atomic mass is 79.9. The summed E-state index contributed by atoms with van der Waals surface area (Å²) in [4.78, 5) is 40.1. The number of carbonyl (C=O) groups excluding carboxylic acids is 2. The van der Waals surface area contributed by atoms with E-state index in [2.05, 4.69) is 15.9 Å². The number of ether oxygens (including phenoxy) is 1. The van der Waals surface area contributed by atoms with Crippen molar-refractivity contribution in [2.24, 2.45) is 5.73 Å². The Bertz CT molecular complexity index is 1560. The van der Waals surface area contributed by atoms with Crippen molar-refractivity contribution in [3.63, 3.8) is 0 Å². The van der Waals surface area contributed by atoms with Crippen LogP contribution in [0.3, 0.4) is 0 Å². The monoisotopic (exact) mass is 532 g/mol. The molecule has 1 aliphatic rings. The van der Waals surface area contributed by atoms with Gasteiger partial charge in [0.25, 0.3) is 11.8 Å². The number of benzene rings is 3. The Balaban J connectivity index is 1.71. The Morgan fingerprint density at radius 1 is 1.06 bits per heavy atom. The zero-order chi connectivity index (χ0) is 24.9. The molecule has 0 aliphatic carbocycles. The second-order valence-corrected chi connectivity index (χ2v) is 9.40. The summed E-state index contributed by atoms with van der Waals surface area (Å²) >= 11 is 3.47. The number of nitrogens with zero attached hydrogens (tertiary/aromatic N) is 1. The van der Waals surface area contributed by atoms with Gasteiger partial charge in [0, 0.05) is 10.2 Å². The molecule has 3 aromatic carbocycles. The van der Waals surface area contributed by atoms with Crippen molar-refractivity contribution < 1.29 is 18.7 Å². The minimum atomic E-state index is -0.709. The number of hydrogen-bond donors (Lipinski definition) is 1. The maximum atomic E-state index is 13.8. The van der Waals surface area contributed by atoms with Gasteiger partial charge in [-0.05, 0) is 73.0 Å². The molecule has 0 bridgehead atoms. The van der Waals surface area contributed by atoms with Crippen LogP contribution in [0.15, 0.2) is 74.3 Å². The van der Waals surface area contributed by atoms with E-state index >= 15 is 0 Å². The van der Waals surface area contributed by atoms with Crippen molar-refractivity contribution in [2.75, 3.05) is 11.5 Å². The van der Waals surface area contributed by atoms with Crippen molar-refractivity contribution >= 4 is 44.4 Å². The largest absolute Gasteiger partial charge is 0.484 e. The molecule has 0 saturated heterocycles. The second-order valence-electron chi connectivity index (χ2n) is 8.49. The first-order valence-electron chi connectivity index (χ1n) is 10.9. The number of anilines is 1. The van der Waals surface area contributed by atoms with Crippen LogP contribution in [-0.2, 0) is 4.79 Å². The number of fused-ring (bicyclic) bond motifs is 2. The minimum absolute atomic E-state index is 0.0322. The number of aryl methyl sites for hydroxylation is 2. The lowest BCUT2D eigenvalue weighted by Crippen LogP contribution is -2.29. The topological polar surface area (TPSA) is 103 Å². The number of primary amides is 1. The van der Waals surface area contributed by atoms with Gasteiger partial charge in [-0.25, -0.2) is 0 Å². The van der Waals surface area contributed by atoms with Crippen molar-refractivity contribution in [3.05, 3.63) is 103 Å². The van der Waals surface area contributed by atoms with E-state index in [1.54, 1.807) is 41.3 Å². The van der Waals surface area contributed by atoms with E-state index < -0.39 is 17.9 Å². The van der Waals surface area contributed by atoms with Crippen LogP contribution in [0.5, 0.6) is 5.75 Å². The molecule has 0 radical (unpaired) electrons. The lowest BCUT2D eigenvalue weighted by Gasteiger charge is -2.25. The van der Waals surface area contributed by atoms with Gasteiger partial charge in [0.2, 0.25) is 5.76 Å². The Morgan fingerprint density at radius 2 is 1.77 bits per heavy atom. The van der Waals surface area contributed by atoms with E-state index in [0.717, 1.165) is 15.6 Å². The molecule has 2 amide bonds. The fourth-order valence-corrected chi connectivity index (χ4v) is 4.72. The first-order chi connectivity index (χ1) is 16.7.